The van der Waals surface area contributed by atoms with Gasteiger partial charge in [0.25, 0.3) is 0 Å². The lowest BCUT2D eigenvalue weighted by Crippen LogP contribution is -1.77. The van der Waals surface area contributed by atoms with E-state index in [4.69, 9.17) is 0 Å². The van der Waals surface area contributed by atoms with Gasteiger partial charge in [0.1, 0.15) is 0 Å². The molecule has 0 N–H and O–H groups in total. The van der Waals surface area contributed by atoms with Gasteiger partial charge in [0, 0.05) is 5.56 Å². The Balaban J connectivity index is -0.000000121. The molecule has 0 amide bonds. The second kappa shape index (κ2) is 25.5. The summed E-state index contributed by atoms with van der Waals surface area (Å²) in [5, 5.41) is 0. The number of rotatable bonds is 2. The summed E-state index contributed by atoms with van der Waals surface area (Å²) in [5.41, 5.74) is 3.00. The van der Waals surface area contributed by atoms with Crippen molar-refractivity contribution in [3.63, 3.8) is 0 Å². The summed E-state index contributed by atoms with van der Waals surface area (Å²) in [6.45, 7) is 25.3. The standard InChI is InChI=1S/C10H11N.4C2H6/c1-8(2)9-6-4-5-7-10(9)11-3;4*1-2/h4-7H,1,3H2,2H3;4*1-2H3. The molecule has 0 aliphatic carbocycles. The van der Waals surface area contributed by atoms with Gasteiger partial charge in [0.2, 0.25) is 0 Å². The summed E-state index contributed by atoms with van der Waals surface area (Å²) in [6.07, 6.45) is 0. The maximum atomic E-state index is 3.88. The van der Waals surface area contributed by atoms with Gasteiger partial charge >= 0.3 is 0 Å². The second-order valence-corrected chi connectivity index (χ2v) is 2.46. The van der Waals surface area contributed by atoms with Crippen molar-refractivity contribution in [3.05, 3.63) is 36.4 Å². The van der Waals surface area contributed by atoms with E-state index < -0.39 is 0 Å². The molecule has 0 unspecified atom stereocenters. The van der Waals surface area contributed by atoms with E-state index in [0.29, 0.717) is 0 Å². The molecule has 0 spiro atoms. The van der Waals surface area contributed by atoms with E-state index in [-0.39, 0.29) is 0 Å². The Bertz CT molecular complexity index is 287. The molecule has 1 aromatic rings. The number of hydrogen-bond acceptors (Lipinski definition) is 1. The predicted molar refractivity (Wildman–Crippen MR) is 95.8 cm³/mol. The average molecular weight is 265 g/mol. The van der Waals surface area contributed by atoms with E-state index >= 15 is 0 Å². The molecule has 1 heteroatoms. The molecular formula is C18H35N. The lowest BCUT2D eigenvalue weighted by molar-refractivity contribution is 1.49. The van der Waals surface area contributed by atoms with Gasteiger partial charge in [0.05, 0.1) is 5.69 Å². The quantitative estimate of drug-likeness (QED) is 0.503. The van der Waals surface area contributed by atoms with E-state index in [0.717, 1.165) is 16.8 Å². The Labute approximate surface area is 122 Å². The minimum absolute atomic E-state index is 0.903. The van der Waals surface area contributed by atoms with Crippen molar-refractivity contribution in [2.24, 2.45) is 4.99 Å². The van der Waals surface area contributed by atoms with E-state index in [1.807, 2.05) is 86.6 Å². The molecule has 0 saturated carbocycles. The summed E-state index contributed by atoms with van der Waals surface area (Å²) in [5.74, 6) is 0. The molecule has 0 saturated heterocycles. The number of hydrogen-bond donors (Lipinski definition) is 0. The van der Waals surface area contributed by atoms with Gasteiger partial charge in [-0.2, -0.15) is 0 Å². The van der Waals surface area contributed by atoms with Gasteiger partial charge in [-0.25, -0.2) is 0 Å². The number of aliphatic imine (C=N–C) groups is 1. The fourth-order valence-electron chi connectivity index (χ4n) is 0.972. The van der Waals surface area contributed by atoms with Crippen molar-refractivity contribution in [2.75, 3.05) is 0 Å². The minimum atomic E-state index is 0.903. The Morgan fingerprint density at radius 2 is 1.21 bits per heavy atom. The summed E-state index contributed by atoms with van der Waals surface area (Å²) < 4.78 is 0. The summed E-state index contributed by atoms with van der Waals surface area (Å²) in [7, 11) is 0. The molecule has 1 aromatic carbocycles. The van der Waals surface area contributed by atoms with Crippen molar-refractivity contribution < 1.29 is 0 Å². The van der Waals surface area contributed by atoms with Crippen LogP contribution in [-0.2, 0) is 0 Å². The van der Waals surface area contributed by atoms with Crippen LogP contribution in [0.3, 0.4) is 0 Å². The highest BCUT2D eigenvalue weighted by Crippen LogP contribution is 2.23. The van der Waals surface area contributed by atoms with Gasteiger partial charge in [-0.3, -0.25) is 4.99 Å². The van der Waals surface area contributed by atoms with Gasteiger partial charge in [-0.05, 0) is 25.3 Å². The van der Waals surface area contributed by atoms with Gasteiger partial charge in [-0.15, -0.1) is 0 Å². The molecule has 112 valence electrons. The number of para-hydroxylation sites is 1. The highest BCUT2D eigenvalue weighted by molar-refractivity contribution is 5.72. The van der Waals surface area contributed by atoms with E-state index in [2.05, 4.69) is 18.3 Å². The zero-order valence-corrected chi connectivity index (χ0v) is 14.7. The fourth-order valence-corrected chi connectivity index (χ4v) is 0.972. The van der Waals surface area contributed by atoms with Crippen LogP contribution in [0.1, 0.15) is 67.9 Å². The monoisotopic (exact) mass is 265 g/mol. The van der Waals surface area contributed by atoms with Crippen LogP contribution in [0.25, 0.3) is 5.57 Å². The first-order chi connectivity index (χ1) is 9.25. The normalized spacial score (nSPS) is 6.58. The molecule has 1 rings (SSSR count). The topological polar surface area (TPSA) is 12.4 Å². The number of nitrogens with zero attached hydrogens (tertiary/aromatic N) is 1. The molecular weight excluding hydrogens is 230 g/mol. The van der Waals surface area contributed by atoms with Crippen LogP contribution in [0.15, 0.2) is 35.8 Å². The van der Waals surface area contributed by atoms with Crippen LogP contribution in [-0.4, -0.2) is 6.72 Å². The first kappa shape index (κ1) is 26.2. The second-order valence-electron chi connectivity index (χ2n) is 2.46. The van der Waals surface area contributed by atoms with Gasteiger partial charge in [0.15, 0.2) is 0 Å². The van der Waals surface area contributed by atoms with Crippen LogP contribution in [0.5, 0.6) is 0 Å². The first-order valence-corrected chi connectivity index (χ1v) is 7.47. The molecule has 0 aromatic heterocycles. The smallest absolute Gasteiger partial charge is 0.0697 e. The lowest BCUT2D eigenvalue weighted by Gasteiger charge is -2.02. The number of benzene rings is 1. The third kappa shape index (κ3) is 14.6. The Morgan fingerprint density at radius 3 is 1.47 bits per heavy atom. The van der Waals surface area contributed by atoms with Crippen molar-refractivity contribution in [1.29, 1.82) is 0 Å². The predicted octanol–water partition coefficient (Wildman–Crippen LogP) is 7.16. The van der Waals surface area contributed by atoms with Crippen molar-refractivity contribution >= 4 is 18.0 Å². The van der Waals surface area contributed by atoms with Crippen molar-refractivity contribution in [3.8, 4) is 0 Å². The van der Waals surface area contributed by atoms with Crippen LogP contribution in [0.2, 0.25) is 0 Å². The van der Waals surface area contributed by atoms with Crippen molar-refractivity contribution in [1.82, 2.24) is 0 Å². The van der Waals surface area contributed by atoms with Crippen LogP contribution in [0, 0.1) is 0 Å². The number of allylic oxidation sites excluding steroid dienone is 1. The Morgan fingerprint density at radius 1 is 0.842 bits per heavy atom. The Hall–Kier alpha value is -1.37. The SMILES string of the molecule is C=Nc1ccccc1C(=C)C.CC.CC.CC.CC. The van der Waals surface area contributed by atoms with E-state index in [9.17, 15) is 0 Å². The van der Waals surface area contributed by atoms with Crippen LogP contribution >= 0.6 is 0 Å². The van der Waals surface area contributed by atoms with E-state index in [1.54, 1.807) is 0 Å². The zero-order chi connectivity index (χ0) is 16.3. The molecule has 0 fully saturated rings. The molecule has 1 nitrogen and oxygen atoms in total. The first-order valence-electron chi connectivity index (χ1n) is 7.47. The maximum absolute atomic E-state index is 3.88. The van der Waals surface area contributed by atoms with Crippen LogP contribution < -0.4 is 0 Å². The third-order valence-corrected chi connectivity index (χ3v) is 1.53. The molecule has 0 atom stereocenters. The lowest BCUT2D eigenvalue weighted by atomic mass is 10.1. The molecule has 0 radical (unpaired) electrons. The van der Waals surface area contributed by atoms with Gasteiger partial charge in [-0.1, -0.05) is 80.2 Å². The van der Waals surface area contributed by atoms with Crippen LogP contribution in [0.4, 0.5) is 5.69 Å². The molecule has 0 aliphatic rings. The van der Waals surface area contributed by atoms with E-state index in [1.165, 1.54) is 0 Å². The zero-order valence-electron chi connectivity index (χ0n) is 14.7. The minimum Gasteiger partial charge on any atom is -0.264 e. The van der Waals surface area contributed by atoms with Gasteiger partial charge < -0.3 is 0 Å². The molecule has 0 heterocycles. The molecule has 19 heavy (non-hydrogen) atoms. The molecule has 0 aliphatic heterocycles. The molecule has 0 bridgehead atoms. The summed E-state index contributed by atoms with van der Waals surface area (Å²) >= 11 is 0. The van der Waals surface area contributed by atoms with Crippen molar-refractivity contribution in [2.45, 2.75) is 62.3 Å². The summed E-state index contributed by atoms with van der Waals surface area (Å²) in [6, 6.07) is 7.83. The highest BCUT2D eigenvalue weighted by Gasteiger charge is 1.97. The highest BCUT2D eigenvalue weighted by atomic mass is 14.7. The Kier molecular flexibility index (Phi) is 35.2. The largest absolute Gasteiger partial charge is 0.264 e. The summed E-state index contributed by atoms with van der Waals surface area (Å²) in [4.78, 5) is 3.88. The maximum Gasteiger partial charge on any atom is 0.0697 e. The third-order valence-electron chi connectivity index (χ3n) is 1.53. The fraction of sp³-hybridized carbons (Fsp3) is 0.500. The average Bonchev–Trinajstić information content (AvgIpc) is 2.55.